The van der Waals surface area contributed by atoms with E-state index >= 15 is 0 Å². The number of hydrogen-bond donors (Lipinski definition) is 1. The van der Waals surface area contributed by atoms with Gasteiger partial charge in [0.2, 0.25) is 5.91 Å². The van der Waals surface area contributed by atoms with Gasteiger partial charge in [0.1, 0.15) is 19.3 Å². The van der Waals surface area contributed by atoms with Gasteiger partial charge in [-0.05, 0) is 102 Å². The zero-order valence-corrected chi connectivity index (χ0v) is 54.2. The molecule has 0 aliphatic rings. The normalized spacial score (nSPS) is 14.0. The molecule has 466 valence electrons. The van der Waals surface area contributed by atoms with Crippen molar-refractivity contribution in [1.29, 1.82) is 0 Å². The fraction of sp³-hybridized carbons (Fsp3) is 0.800. The highest BCUT2D eigenvalue weighted by Crippen LogP contribution is 2.38. The number of carbonyl (C=O) groups is 2. The van der Waals surface area contributed by atoms with Crippen molar-refractivity contribution >= 4 is 19.7 Å². The van der Waals surface area contributed by atoms with Crippen molar-refractivity contribution in [2.75, 3.05) is 40.9 Å². The summed E-state index contributed by atoms with van der Waals surface area (Å²) < 4.78 is 30.4. The Labute approximate surface area is 495 Å². The van der Waals surface area contributed by atoms with E-state index in [9.17, 15) is 19.0 Å². The average molecular weight is 1140 g/mol. The van der Waals surface area contributed by atoms with Crippen LogP contribution in [0.4, 0.5) is 0 Å². The predicted molar refractivity (Wildman–Crippen MR) is 344 cm³/mol. The number of phosphoric ester groups is 1. The second-order valence-corrected chi connectivity index (χ2v) is 25.4. The lowest BCUT2D eigenvalue weighted by molar-refractivity contribution is -0.870. The molecule has 0 bridgehead atoms. The lowest BCUT2D eigenvalue weighted by atomic mass is 10.0. The summed E-state index contributed by atoms with van der Waals surface area (Å²) in [6, 6.07) is -0.895. The summed E-state index contributed by atoms with van der Waals surface area (Å²) in [5.41, 5.74) is 0. The van der Waals surface area contributed by atoms with E-state index in [0.717, 1.165) is 89.9 Å². The first-order chi connectivity index (χ1) is 38.9. The average Bonchev–Trinajstić information content (AvgIpc) is 3.42. The smallest absolute Gasteiger partial charge is 0.306 e. The summed E-state index contributed by atoms with van der Waals surface area (Å²) in [6.45, 7) is 6.81. The first-order valence-electron chi connectivity index (χ1n) is 33.7. The van der Waals surface area contributed by atoms with Gasteiger partial charge < -0.3 is 28.5 Å². The number of esters is 1. The van der Waals surface area contributed by atoms with Gasteiger partial charge in [0.25, 0.3) is 7.82 Å². The minimum Gasteiger partial charge on any atom is -0.756 e. The van der Waals surface area contributed by atoms with Crippen LogP contribution in [0, 0.1) is 0 Å². The molecule has 0 rings (SSSR count). The van der Waals surface area contributed by atoms with Gasteiger partial charge >= 0.3 is 5.97 Å². The highest BCUT2D eigenvalue weighted by Gasteiger charge is 2.27. The zero-order chi connectivity index (χ0) is 58.6. The summed E-state index contributed by atoms with van der Waals surface area (Å²) in [5, 5.41) is 3.04. The first kappa shape index (κ1) is 77.5. The predicted octanol–water partition coefficient (Wildman–Crippen LogP) is 20.5. The maximum atomic E-state index is 13.6. The molecule has 0 heterocycles. The van der Waals surface area contributed by atoms with Crippen molar-refractivity contribution < 1.29 is 37.3 Å². The molecule has 0 spiro atoms. The highest BCUT2D eigenvalue weighted by atomic mass is 31.2. The number of likely N-dealkylation sites (N-methyl/N-ethyl adjacent to an activating group) is 1. The summed E-state index contributed by atoms with van der Waals surface area (Å²) in [7, 11) is 1.18. The van der Waals surface area contributed by atoms with Crippen molar-refractivity contribution in [1.82, 2.24) is 5.32 Å². The van der Waals surface area contributed by atoms with E-state index in [-0.39, 0.29) is 24.9 Å². The number of carbonyl (C=O) groups excluding carboxylic acids is 2. The monoisotopic (exact) mass is 1140 g/mol. The quantitative estimate of drug-likeness (QED) is 0.0212. The van der Waals surface area contributed by atoms with Crippen LogP contribution in [0.2, 0.25) is 0 Å². The van der Waals surface area contributed by atoms with Gasteiger partial charge in [-0.3, -0.25) is 14.2 Å². The molecule has 0 saturated heterocycles. The Kier molecular flexibility index (Phi) is 57.7. The van der Waals surface area contributed by atoms with Gasteiger partial charge in [0.05, 0.1) is 33.8 Å². The number of phosphoric acid groups is 1. The molecule has 9 nitrogen and oxygen atoms in total. The number of allylic oxidation sites excluding steroid dienone is 11. The molecule has 10 heteroatoms. The van der Waals surface area contributed by atoms with Crippen LogP contribution in [0.1, 0.15) is 310 Å². The number of nitrogens with one attached hydrogen (secondary N) is 1. The van der Waals surface area contributed by atoms with Crippen molar-refractivity contribution in [2.45, 2.75) is 322 Å². The number of amides is 1. The highest BCUT2D eigenvalue weighted by molar-refractivity contribution is 7.45. The number of nitrogens with zero attached hydrogens (tertiary/aromatic N) is 1. The van der Waals surface area contributed by atoms with E-state index < -0.39 is 26.6 Å². The maximum absolute atomic E-state index is 13.6. The molecule has 0 aliphatic heterocycles. The Morgan fingerprint density at radius 1 is 0.438 bits per heavy atom. The second kappa shape index (κ2) is 59.6. The fourth-order valence-corrected chi connectivity index (χ4v) is 10.3. The molecular weight excluding hydrogens is 1010 g/mol. The van der Waals surface area contributed by atoms with Crippen LogP contribution in [0.15, 0.2) is 72.9 Å². The number of ether oxygens (including phenoxy) is 1. The van der Waals surface area contributed by atoms with E-state index in [0.29, 0.717) is 17.4 Å². The van der Waals surface area contributed by atoms with Crippen LogP contribution in [0.3, 0.4) is 0 Å². The Bertz CT molecular complexity index is 1600. The summed E-state index contributed by atoms with van der Waals surface area (Å²) in [4.78, 5) is 40.1. The van der Waals surface area contributed by atoms with Crippen molar-refractivity contribution in [2.24, 2.45) is 0 Å². The molecule has 0 aromatic heterocycles. The van der Waals surface area contributed by atoms with Gasteiger partial charge in [0, 0.05) is 12.8 Å². The van der Waals surface area contributed by atoms with Crippen LogP contribution < -0.4 is 10.2 Å². The van der Waals surface area contributed by atoms with Crippen LogP contribution >= 0.6 is 7.82 Å². The van der Waals surface area contributed by atoms with E-state index in [1.807, 2.05) is 33.3 Å². The molecule has 0 aromatic carbocycles. The lowest BCUT2D eigenvalue weighted by Crippen LogP contribution is -2.47. The number of rotatable bonds is 61. The molecule has 3 atom stereocenters. The fourth-order valence-electron chi connectivity index (χ4n) is 9.62. The minimum absolute atomic E-state index is 0.0255. The van der Waals surface area contributed by atoms with Gasteiger partial charge in [-0.1, -0.05) is 267 Å². The van der Waals surface area contributed by atoms with Crippen LogP contribution in [-0.2, 0) is 27.9 Å². The van der Waals surface area contributed by atoms with E-state index in [2.05, 4.69) is 86.8 Å². The zero-order valence-electron chi connectivity index (χ0n) is 53.3. The van der Waals surface area contributed by atoms with E-state index in [1.165, 1.54) is 186 Å². The molecule has 0 fully saturated rings. The molecule has 80 heavy (non-hydrogen) atoms. The first-order valence-corrected chi connectivity index (χ1v) is 35.2. The lowest BCUT2D eigenvalue weighted by Gasteiger charge is -2.30. The van der Waals surface area contributed by atoms with Crippen LogP contribution in [0.5, 0.6) is 0 Å². The third-order valence-corrected chi connectivity index (χ3v) is 15.8. The van der Waals surface area contributed by atoms with Crippen molar-refractivity contribution in [3.63, 3.8) is 0 Å². The molecular formula is C70H129N2O7P. The maximum Gasteiger partial charge on any atom is 0.306 e. The van der Waals surface area contributed by atoms with E-state index in [1.54, 1.807) is 0 Å². The topological polar surface area (TPSA) is 114 Å². The number of hydrogen-bond acceptors (Lipinski definition) is 7. The van der Waals surface area contributed by atoms with Gasteiger partial charge in [0.15, 0.2) is 0 Å². The number of quaternary nitrogens is 1. The molecule has 0 radical (unpaired) electrons. The SMILES string of the molecule is CCCCC/C=C\C/C=C\C/C=C\CCCCCCCCCCC(=O)OC(/C=C/CCCCCCCCCCCC)C(COP(=O)([O-])OCC[N+](C)(C)C)NC(=O)CCCCCCCCCCCCC/C=C\C/C=C\CCCCC. The summed E-state index contributed by atoms with van der Waals surface area (Å²) in [6.07, 6.45) is 77.2. The molecule has 3 unspecified atom stereocenters. The standard InChI is InChI=1S/C70H129N2O7P/c1-7-10-13-16-19-22-25-28-30-32-34-36-38-40-42-44-47-50-53-56-59-62-69(73)71-67(66-78-80(75,76)77-65-64-72(4,5)6)68(61-58-55-52-49-46-27-24-21-18-15-12-9-3)79-70(74)63-60-57-54-51-48-45-43-41-39-37-35-33-31-29-26-23-20-17-14-11-8-2/h19-20,22-23,28-31,35,37,58,61,67-68H,7-18,21,24-27,32-34,36,38-57,59-60,62-66H2,1-6H3,(H-,71,73,75,76)/b22-19-,23-20-,30-28-,31-29-,37-35-,61-58+. The largest absolute Gasteiger partial charge is 0.756 e. The second-order valence-electron chi connectivity index (χ2n) is 24.0. The molecule has 1 N–H and O–H groups in total. The number of unbranched alkanes of at least 4 members (excludes halogenated alkanes) is 35. The van der Waals surface area contributed by atoms with Crippen molar-refractivity contribution in [3.8, 4) is 0 Å². The third kappa shape index (κ3) is 60.1. The third-order valence-electron chi connectivity index (χ3n) is 14.9. The summed E-state index contributed by atoms with van der Waals surface area (Å²) in [5.74, 6) is -0.545. The van der Waals surface area contributed by atoms with Gasteiger partial charge in [-0.15, -0.1) is 0 Å². The minimum atomic E-state index is -4.71. The molecule has 0 saturated carbocycles. The Morgan fingerprint density at radius 3 is 1.16 bits per heavy atom. The van der Waals surface area contributed by atoms with E-state index in [4.69, 9.17) is 13.8 Å². The molecule has 0 aliphatic carbocycles. The molecule has 0 aromatic rings. The van der Waals surface area contributed by atoms with Crippen LogP contribution in [-0.4, -0.2) is 69.4 Å². The Morgan fingerprint density at radius 2 is 0.762 bits per heavy atom. The summed E-state index contributed by atoms with van der Waals surface area (Å²) >= 11 is 0. The Balaban J connectivity index is 5.17. The van der Waals surface area contributed by atoms with Gasteiger partial charge in [-0.25, -0.2) is 0 Å². The van der Waals surface area contributed by atoms with Crippen molar-refractivity contribution in [3.05, 3.63) is 72.9 Å². The Hall–Kier alpha value is -2.55. The van der Waals surface area contributed by atoms with Gasteiger partial charge in [-0.2, -0.15) is 0 Å². The van der Waals surface area contributed by atoms with Crippen LogP contribution in [0.25, 0.3) is 0 Å². The molecule has 1 amide bonds.